The fourth-order valence-corrected chi connectivity index (χ4v) is 8.64. The lowest BCUT2D eigenvalue weighted by Gasteiger charge is -2.48. The summed E-state index contributed by atoms with van der Waals surface area (Å²) in [6, 6.07) is -5.31. The number of nitrogens with one attached hydrogen (secondary N) is 3. The first-order valence-corrected chi connectivity index (χ1v) is 19.9. The average molecular weight is 841 g/mol. The molecule has 19 atom stereocenters. The van der Waals surface area contributed by atoms with Gasteiger partial charge in [-0.2, -0.15) is 0 Å². The van der Waals surface area contributed by atoms with E-state index in [0.717, 1.165) is 0 Å². The number of hydrogen-bond donors (Lipinski definition) is 17. The molecule has 0 unspecified atom stereocenters. The van der Waals surface area contributed by atoms with Gasteiger partial charge in [0.25, 0.3) is 5.91 Å². The number of carbonyl (C=O) groups is 1. The lowest BCUT2D eigenvalue weighted by Crippen LogP contribution is -2.70. The summed E-state index contributed by atoms with van der Waals surface area (Å²) in [4.78, 5) is 13.2. The number of aliphatic hydroxyl groups is 9. The highest BCUT2D eigenvalue weighted by Crippen LogP contribution is 2.36. The van der Waals surface area contributed by atoms with Gasteiger partial charge >= 0.3 is 0 Å². The Morgan fingerprint density at radius 1 is 0.724 bits per heavy atom. The van der Waals surface area contributed by atoms with Gasteiger partial charge in [-0.1, -0.05) is 0 Å². The first-order valence-electron chi connectivity index (χ1n) is 19.9. The lowest BCUT2D eigenvalue weighted by atomic mass is 9.75. The number of hydrogen-bond acceptors (Lipinski definition) is 23. The maximum atomic E-state index is 13.2. The Balaban J connectivity index is 1.19. The smallest absolute Gasteiger partial charge is 0.252 e. The lowest BCUT2D eigenvalue weighted by molar-refractivity contribution is -0.308. The minimum Gasteiger partial charge on any atom is -0.394 e. The summed E-state index contributed by atoms with van der Waals surface area (Å²) in [5, 5.41) is 107. The molecule has 336 valence electrons. The van der Waals surface area contributed by atoms with E-state index < -0.39 is 146 Å². The van der Waals surface area contributed by atoms with Gasteiger partial charge in [-0.05, 0) is 32.4 Å². The average Bonchev–Trinajstić information content (AvgIpc) is 3.47. The van der Waals surface area contributed by atoms with Crippen molar-refractivity contribution in [1.29, 1.82) is 0 Å². The predicted octanol–water partition coefficient (Wildman–Crippen LogP) is -10.1. The van der Waals surface area contributed by atoms with Crippen molar-refractivity contribution in [2.24, 2.45) is 28.7 Å². The van der Waals surface area contributed by atoms with Crippen molar-refractivity contribution in [2.45, 2.75) is 166 Å². The van der Waals surface area contributed by atoms with Crippen LogP contribution in [0.2, 0.25) is 0 Å². The standard InChI is InChI=1S/C34H64N8O16/c35-8-15-21(45)23(47)18(38)29(53-15)57-27-17(10-43)55-31(25(27)49)58-28-20(44)14(42-32(50)34(52)6-12(36)7-34)5-13(37)26(28)56-30-19(39)24(48)22(46)16(54-30)9-41-11-33(51)1-3-40-4-2-33/h12-31,40-41,43-49,51-52H,1-11,35-39H2,(H,42,50)/t12?,13-,14+,15-,16+,17+,18+,19+,20-,21+,22+,23+,24+,25+,26+,27+,28+,29+,30+,31-,34?/m0/s1. The molecule has 4 saturated heterocycles. The van der Waals surface area contributed by atoms with E-state index in [0.29, 0.717) is 25.9 Å². The topological polar surface area (TPSA) is 421 Å². The van der Waals surface area contributed by atoms with Gasteiger partial charge in [-0.3, -0.25) is 4.79 Å². The molecule has 0 aromatic heterocycles. The first kappa shape index (κ1) is 46.1. The molecular formula is C34H64N8O16. The third-order valence-electron chi connectivity index (χ3n) is 12.4. The number of rotatable bonds is 14. The third kappa shape index (κ3) is 9.63. The SMILES string of the molecule is NC[C@@H]1O[C@H](O[C@H]2[C@@H](O)[C@H](O[C@@H]3[C@@H](O)[C@H](NC(=O)C4(O)CC(N)C4)C[C@H](N)[C@H]3O[C@H]3O[C@H](CNCC4(O)CCNCC4)[C@@H](O)[C@H](O)[C@H]3N)O[C@@H]2CO)[C@H](N)[C@@H](O)[C@@H]1O. The van der Waals surface area contributed by atoms with Gasteiger partial charge in [-0.25, -0.2) is 0 Å². The number of piperidine rings is 1. The highest BCUT2D eigenvalue weighted by atomic mass is 16.8. The Morgan fingerprint density at radius 3 is 1.86 bits per heavy atom. The molecule has 0 bridgehead atoms. The number of aliphatic hydroxyl groups excluding tert-OH is 7. The molecule has 58 heavy (non-hydrogen) atoms. The molecule has 4 heterocycles. The van der Waals surface area contributed by atoms with Gasteiger partial charge in [0, 0.05) is 44.6 Å². The van der Waals surface area contributed by atoms with E-state index in [1.54, 1.807) is 0 Å². The molecule has 1 amide bonds. The van der Waals surface area contributed by atoms with Crippen LogP contribution in [0.1, 0.15) is 32.1 Å². The van der Waals surface area contributed by atoms with Crippen molar-refractivity contribution in [3.05, 3.63) is 0 Å². The molecule has 6 fully saturated rings. The highest BCUT2D eigenvalue weighted by Gasteiger charge is 2.56. The summed E-state index contributed by atoms with van der Waals surface area (Å²) in [5.74, 6) is -0.805. The zero-order chi connectivity index (χ0) is 42.3. The van der Waals surface area contributed by atoms with Crippen LogP contribution < -0.4 is 44.6 Å². The van der Waals surface area contributed by atoms with E-state index >= 15 is 0 Å². The molecule has 0 radical (unpaired) electrons. The molecule has 6 rings (SSSR count). The van der Waals surface area contributed by atoms with Crippen molar-refractivity contribution in [3.63, 3.8) is 0 Å². The largest absolute Gasteiger partial charge is 0.394 e. The highest BCUT2D eigenvalue weighted by molar-refractivity contribution is 5.86. The van der Waals surface area contributed by atoms with Crippen LogP contribution >= 0.6 is 0 Å². The number of ether oxygens (including phenoxy) is 6. The summed E-state index contributed by atoms with van der Waals surface area (Å²) >= 11 is 0. The van der Waals surface area contributed by atoms with Crippen molar-refractivity contribution in [1.82, 2.24) is 16.0 Å². The second kappa shape index (κ2) is 18.9. The monoisotopic (exact) mass is 840 g/mol. The Labute approximate surface area is 334 Å². The van der Waals surface area contributed by atoms with Gasteiger partial charge in [0.15, 0.2) is 18.9 Å². The number of carbonyl (C=O) groups excluding carboxylic acids is 1. The Morgan fingerprint density at radius 2 is 1.28 bits per heavy atom. The minimum absolute atomic E-state index is 0.0145. The zero-order valence-corrected chi connectivity index (χ0v) is 32.1. The van der Waals surface area contributed by atoms with Gasteiger partial charge in [0.2, 0.25) is 0 Å². The predicted molar refractivity (Wildman–Crippen MR) is 195 cm³/mol. The van der Waals surface area contributed by atoms with E-state index in [4.69, 9.17) is 57.1 Å². The normalized spacial score (nSPS) is 49.6. The molecule has 22 N–H and O–H groups in total. The van der Waals surface area contributed by atoms with Gasteiger partial charge < -0.3 is 119 Å². The Hall–Kier alpha value is -1.41. The summed E-state index contributed by atoms with van der Waals surface area (Å²) < 4.78 is 35.9. The van der Waals surface area contributed by atoms with Crippen LogP contribution in [0.4, 0.5) is 0 Å². The summed E-state index contributed by atoms with van der Waals surface area (Å²) in [5.41, 5.74) is 27.7. The molecule has 2 aliphatic carbocycles. The molecule has 4 aliphatic heterocycles. The molecule has 24 heteroatoms. The van der Waals surface area contributed by atoms with Crippen LogP contribution in [0, 0.1) is 0 Å². The molecule has 2 saturated carbocycles. The van der Waals surface area contributed by atoms with Crippen molar-refractivity contribution < 1.29 is 79.2 Å². The van der Waals surface area contributed by atoms with Crippen LogP contribution in [0.5, 0.6) is 0 Å². The van der Waals surface area contributed by atoms with Gasteiger partial charge in [0.1, 0.15) is 78.8 Å². The van der Waals surface area contributed by atoms with Crippen molar-refractivity contribution in [3.8, 4) is 0 Å². The summed E-state index contributed by atoms with van der Waals surface area (Å²) in [6.07, 6.45) is -21.0. The maximum Gasteiger partial charge on any atom is 0.252 e. The number of amides is 1. The third-order valence-corrected chi connectivity index (χ3v) is 12.4. The Bertz CT molecular complexity index is 1350. The molecule has 0 aromatic rings. The zero-order valence-electron chi connectivity index (χ0n) is 32.1. The number of nitrogens with two attached hydrogens (primary N) is 5. The minimum atomic E-state index is -1.78. The molecule has 0 spiro atoms. The van der Waals surface area contributed by atoms with Crippen molar-refractivity contribution >= 4 is 5.91 Å². The Kier molecular flexibility index (Phi) is 15.0. The summed E-state index contributed by atoms with van der Waals surface area (Å²) in [7, 11) is 0. The molecular weight excluding hydrogens is 776 g/mol. The fraction of sp³-hybridized carbons (Fsp3) is 0.971. The van der Waals surface area contributed by atoms with Gasteiger partial charge in [-0.15, -0.1) is 0 Å². The second-order valence-electron chi connectivity index (χ2n) is 16.7. The van der Waals surface area contributed by atoms with E-state index in [1.807, 2.05) is 0 Å². The van der Waals surface area contributed by atoms with Crippen molar-refractivity contribution in [2.75, 3.05) is 39.3 Å². The molecule has 24 nitrogen and oxygen atoms in total. The maximum absolute atomic E-state index is 13.2. The first-order chi connectivity index (χ1) is 27.4. The van der Waals surface area contributed by atoms with E-state index in [9.17, 15) is 50.8 Å². The van der Waals surface area contributed by atoms with E-state index in [2.05, 4.69) is 16.0 Å². The van der Waals surface area contributed by atoms with E-state index in [1.165, 1.54) is 0 Å². The summed E-state index contributed by atoms with van der Waals surface area (Å²) in [6.45, 7) is 0.474. The molecule has 0 aromatic carbocycles. The van der Waals surface area contributed by atoms with Crippen LogP contribution in [-0.4, -0.2) is 225 Å². The second-order valence-corrected chi connectivity index (χ2v) is 16.7. The van der Waals surface area contributed by atoms with E-state index in [-0.39, 0.29) is 38.9 Å². The van der Waals surface area contributed by atoms with Gasteiger partial charge in [0.05, 0.1) is 30.3 Å². The van der Waals surface area contributed by atoms with Crippen LogP contribution in [0.15, 0.2) is 0 Å². The van der Waals surface area contributed by atoms with Crippen LogP contribution in [-0.2, 0) is 33.2 Å². The van der Waals surface area contributed by atoms with Crippen LogP contribution in [0.25, 0.3) is 0 Å². The fourth-order valence-electron chi connectivity index (χ4n) is 8.64. The van der Waals surface area contributed by atoms with Crippen LogP contribution in [0.3, 0.4) is 0 Å². The quantitative estimate of drug-likeness (QED) is 0.0772. The molecule has 6 aliphatic rings.